The first kappa shape index (κ1) is 14.5. The highest BCUT2D eigenvalue weighted by atomic mass is 15.2. The molecule has 1 heterocycles. The summed E-state index contributed by atoms with van der Waals surface area (Å²) in [4.78, 5) is 8.35. The van der Waals surface area contributed by atoms with E-state index in [2.05, 4.69) is 27.2 Å². The standard InChI is InChI=1S/C11H23N7/c1-17-6-8-18(9-7-17)5-4-15-3-2-10(12)16-11(13)14/h2-3,15H,4-9H2,1H3,(H5,12,13,14,16)/b3-2-. The van der Waals surface area contributed by atoms with Crippen LogP contribution in [0.4, 0.5) is 0 Å². The lowest BCUT2D eigenvalue weighted by atomic mass is 10.3. The van der Waals surface area contributed by atoms with Crippen LogP contribution in [-0.4, -0.2) is 67.9 Å². The second-order valence-corrected chi connectivity index (χ2v) is 4.35. The molecule has 1 fully saturated rings. The van der Waals surface area contributed by atoms with Gasteiger partial charge in [-0.2, -0.15) is 4.99 Å². The van der Waals surface area contributed by atoms with E-state index >= 15 is 0 Å². The molecule has 0 bridgehead atoms. The minimum Gasteiger partial charge on any atom is -0.389 e. The van der Waals surface area contributed by atoms with Crippen LogP contribution in [0.3, 0.4) is 0 Å². The van der Waals surface area contributed by atoms with Crippen LogP contribution < -0.4 is 16.8 Å². The molecule has 102 valence electrons. The normalized spacial score (nSPS) is 19.3. The first-order chi connectivity index (χ1) is 8.58. The van der Waals surface area contributed by atoms with Crippen LogP contribution in [0, 0.1) is 5.41 Å². The number of nitrogens with zero attached hydrogens (tertiary/aromatic N) is 3. The molecule has 0 aromatic rings. The maximum atomic E-state index is 6.94. The van der Waals surface area contributed by atoms with Gasteiger partial charge < -0.3 is 21.7 Å². The summed E-state index contributed by atoms with van der Waals surface area (Å²) in [5.41, 5.74) is 10.6. The fourth-order valence-electron chi connectivity index (χ4n) is 1.70. The average molecular weight is 253 g/mol. The summed E-state index contributed by atoms with van der Waals surface area (Å²) in [5, 5.41) is 10.1. The monoisotopic (exact) mass is 253 g/mol. The summed E-state index contributed by atoms with van der Waals surface area (Å²) in [5.74, 6) is -0.0517. The summed E-state index contributed by atoms with van der Waals surface area (Å²) in [6, 6.07) is 0. The number of guanidine groups is 1. The number of hydrogen-bond acceptors (Lipinski definition) is 4. The first-order valence-electron chi connectivity index (χ1n) is 6.07. The van der Waals surface area contributed by atoms with Gasteiger partial charge in [-0.25, -0.2) is 0 Å². The van der Waals surface area contributed by atoms with Crippen LogP contribution >= 0.6 is 0 Å². The molecule has 1 aliphatic heterocycles. The number of hydrogen-bond donors (Lipinski definition) is 4. The fraction of sp³-hybridized carbons (Fsp3) is 0.636. The SMILES string of the molecule is CN1CCN(CCN/C=C\C(N)=N/C(=N)N)CC1. The molecule has 0 amide bonds. The Labute approximate surface area is 108 Å². The van der Waals surface area contributed by atoms with E-state index in [0.29, 0.717) is 0 Å². The highest BCUT2D eigenvalue weighted by Gasteiger charge is 2.12. The van der Waals surface area contributed by atoms with E-state index in [1.807, 2.05) is 0 Å². The quantitative estimate of drug-likeness (QED) is 0.273. The van der Waals surface area contributed by atoms with Crippen molar-refractivity contribution in [1.29, 1.82) is 5.41 Å². The van der Waals surface area contributed by atoms with E-state index in [4.69, 9.17) is 16.9 Å². The molecule has 7 heteroatoms. The van der Waals surface area contributed by atoms with Crippen LogP contribution in [-0.2, 0) is 0 Å². The lowest BCUT2D eigenvalue weighted by Gasteiger charge is -2.32. The first-order valence-corrected chi connectivity index (χ1v) is 6.07. The topological polar surface area (TPSA) is 107 Å². The zero-order valence-electron chi connectivity index (χ0n) is 10.9. The Morgan fingerprint density at radius 1 is 1.33 bits per heavy atom. The van der Waals surface area contributed by atoms with Crippen LogP contribution in [0.5, 0.6) is 0 Å². The number of aliphatic imine (C=N–C) groups is 1. The molecule has 0 unspecified atom stereocenters. The summed E-state index contributed by atoms with van der Waals surface area (Å²) in [6.45, 7) is 6.39. The number of nitrogens with two attached hydrogens (primary N) is 2. The number of rotatable bonds is 5. The van der Waals surface area contributed by atoms with E-state index < -0.39 is 0 Å². The van der Waals surface area contributed by atoms with Gasteiger partial charge in [0.15, 0.2) is 0 Å². The largest absolute Gasteiger partial charge is 0.389 e. The number of nitrogens with one attached hydrogen (secondary N) is 2. The van der Waals surface area contributed by atoms with E-state index in [9.17, 15) is 0 Å². The molecule has 6 N–H and O–H groups in total. The van der Waals surface area contributed by atoms with Crippen molar-refractivity contribution in [3.05, 3.63) is 12.3 Å². The van der Waals surface area contributed by atoms with Crippen LogP contribution in [0.1, 0.15) is 0 Å². The van der Waals surface area contributed by atoms with Gasteiger partial charge in [-0.3, -0.25) is 10.3 Å². The van der Waals surface area contributed by atoms with E-state index in [-0.39, 0.29) is 11.8 Å². The van der Waals surface area contributed by atoms with Crippen molar-refractivity contribution in [3.63, 3.8) is 0 Å². The summed E-state index contributed by atoms with van der Waals surface area (Å²) in [6.07, 6.45) is 3.34. The maximum Gasteiger partial charge on any atom is 0.214 e. The zero-order chi connectivity index (χ0) is 13.4. The summed E-state index contributed by atoms with van der Waals surface area (Å²) < 4.78 is 0. The maximum absolute atomic E-state index is 6.94. The summed E-state index contributed by atoms with van der Waals surface area (Å²) >= 11 is 0. The van der Waals surface area contributed by atoms with Crippen LogP contribution in [0.15, 0.2) is 17.3 Å². The molecule has 1 saturated heterocycles. The molecule has 0 spiro atoms. The second kappa shape index (κ2) is 7.67. The van der Waals surface area contributed by atoms with Crippen molar-refractivity contribution in [2.24, 2.45) is 16.5 Å². The predicted molar refractivity (Wildman–Crippen MR) is 74.6 cm³/mol. The third-order valence-corrected chi connectivity index (χ3v) is 2.79. The zero-order valence-corrected chi connectivity index (χ0v) is 10.9. The van der Waals surface area contributed by atoms with E-state index in [1.165, 1.54) is 0 Å². The highest BCUT2D eigenvalue weighted by Crippen LogP contribution is 1.97. The fourth-order valence-corrected chi connectivity index (χ4v) is 1.70. The van der Waals surface area contributed by atoms with Crippen molar-refractivity contribution in [1.82, 2.24) is 15.1 Å². The Kier molecular flexibility index (Phi) is 6.16. The van der Waals surface area contributed by atoms with Gasteiger partial charge in [-0.05, 0) is 13.1 Å². The van der Waals surface area contributed by atoms with E-state index in [0.717, 1.165) is 39.3 Å². The van der Waals surface area contributed by atoms with Gasteiger partial charge in [0.2, 0.25) is 5.96 Å². The molecule has 1 aliphatic rings. The van der Waals surface area contributed by atoms with Gasteiger partial charge in [0.05, 0.1) is 0 Å². The molecular weight excluding hydrogens is 230 g/mol. The van der Waals surface area contributed by atoms with Crippen molar-refractivity contribution >= 4 is 11.8 Å². The second-order valence-electron chi connectivity index (χ2n) is 4.35. The lowest BCUT2D eigenvalue weighted by Crippen LogP contribution is -2.46. The predicted octanol–water partition coefficient (Wildman–Crippen LogP) is -1.41. The summed E-state index contributed by atoms with van der Waals surface area (Å²) in [7, 11) is 2.15. The third kappa shape index (κ3) is 6.21. The molecule has 0 aliphatic carbocycles. The molecular formula is C11H23N7. The number of piperazine rings is 1. The molecule has 0 radical (unpaired) electrons. The molecule has 0 aromatic heterocycles. The molecule has 0 saturated carbocycles. The van der Waals surface area contributed by atoms with Crippen molar-refractivity contribution in [3.8, 4) is 0 Å². The number of amidine groups is 1. The van der Waals surface area contributed by atoms with Gasteiger partial charge in [0.1, 0.15) is 5.84 Å². The average Bonchev–Trinajstić information content (AvgIpc) is 2.30. The Morgan fingerprint density at radius 2 is 2.00 bits per heavy atom. The van der Waals surface area contributed by atoms with Gasteiger partial charge in [0, 0.05) is 45.5 Å². The van der Waals surface area contributed by atoms with Crippen molar-refractivity contribution in [2.75, 3.05) is 46.3 Å². The molecule has 0 aromatic carbocycles. The Hall–Kier alpha value is -1.60. The van der Waals surface area contributed by atoms with Crippen LogP contribution in [0.25, 0.3) is 0 Å². The minimum atomic E-state index is -0.283. The van der Waals surface area contributed by atoms with Crippen LogP contribution in [0.2, 0.25) is 0 Å². The van der Waals surface area contributed by atoms with E-state index in [1.54, 1.807) is 12.3 Å². The highest BCUT2D eigenvalue weighted by molar-refractivity contribution is 5.99. The molecule has 18 heavy (non-hydrogen) atoms. The van der Waals surface area contributed by atoms with Gasteiger partial charge in [-0.15, -0.1) is 0 Å². The minimum absolute atomic E-state index is 0.231. The lowest BCUT2D eigenvalue weighted by molar-refractivity contribution is 0.156. The molecule has 7 nitrogen and oxygen atoms in total. The van der Waals surface area contributed by atoms with Gasteiger partial charge >= 0.3 is 0 Å². The van der Waals surface area contributed by atoms with Gasteiger partial charge in [0.25, 0.3) is 0 Å². The smallest absolute Gasteiger partial charge is 0.214 e. The Morgan fingerprint density at radius 3 is 2.61 bits per heavy atom. The third-order valence-electron chi connectivity index (χ3n) is 2.79. The molecule has 0 atom stereocenters. The Bertz CT molecular complexity index is 315. The van der Waals surface area contributed by atoms with Gasteiger partial charge in [-0.1, -0.05) is 0 Å². The number of likely N-dealkylation sites (N-methyl/N-ethyl adjacent to an activating group) is 1. The van der Waals surface area contributed by atoms with Crippen molar-refractivity contribution < 1.29 is 0 Å². The Balaban J connectivity index is 2.11. The molecule has 1 rings (SSSR count). The van der Waals surface area contributed by atoms with Crippen molar-refractivity contribution in [2.45, 2.75) is 0 Å².